The van der Waals surface area contributed by atoms with Crippen LogP contribution in [0.1, 0.15) is 25.0 Å². The van der Waals surface area contributed by atoms with Gasteiger partial charge in [-0.2, -0.15) is 0 Å². The highest BCUT2D eigenvalue weighted by atomic mass is 16.5. The van der Waals surface area contributed by atoms with Crippen LogP contribution in [-0.2, 0) is 20.7 Å². The molecule has 5 heteroatoms. The maximum absolute atomic E-state index is 12.9. The first-order chi connectivity index (χ1) is 11.4. The van der Waals surface area contributed by atoms with E-state index in [0.717, 1.165) is 16.5 Å². The Labute approximate surface area is 142 Å². The first kappa shape index (κ1) is 17.0. The van der Waals surface area contributed by atoms with Gasteiger partial charge in [0.1, 0.15) is 0 Å². The van der Waals surface area contributed by atoms with E-state index >= 15 is 0 Å². The Kier molecular flexibility index (Phi) is 4.65. The standard InChI is InChI=1S/C19H26N2O3/c1-13-6-5-7-16-18(13)14(9-20-16)8-17(22)21-10-15(11-23-4)24-19(2,3)12-21/h5-7,9,15,20H,8,10-12H2,1-4H3/t15-/m1/s1. The van der Waals surface area contributed by atoms with Crippen LogP contribution in [0.15, 0.2) is 24.4 Å². The van der Waals surface area contributed by atoms with Crippen LogP contribution in [0.2, 0.25) is 0 Å². The van der Waals surface area contributed by atoms with Gasteiger partial charge in [0.05, 0.1) is 24.7 Å². The Morgan fingerprint density at radius 2 is 2.25 bits per heavy atom. The van der Waals surface area contributed by atoms with E-state index in [0.29, 0.717) is 26.1 Å². The zero-order valence-electron chi connectivity index (χ0n) is 14.9. The quantitative estimate of drug-likeness (QED) is 0.938. The molecule has 5 nitrogen and oxygen atoms in total. The van der Waals surface area contributed by atoms with Crippen LogP contribution in [0.5, 0.6) is 0 Å². The monoisotopic (exact) mass is 330 g/mol. The van der Waals surface area contributed by atoms with Crippen molar-refractivity contribution in [2.75, 3.05) is 26.8 Å². The third-order valence-electron chi connectivity index (χ3n) is 4.52. The first-order valence-corrected chi connectivity index (χ1v) is 8.40. The summed E-state index contributed by atoms with van der Waals surface area (Å²) in [4.78, 5) is 18.0. The number of nitrogens with one attached hydrogen (secondary N) is 1. The van der Waals surface area contributed by atoms with Gasteiger partial charge in [-0.1, -0.05) is 12.1 Å². The molecule has 0 bridgehead atoms. The largest absolute Gasteiger partial charge is 0.382 e. The summed E-state index contributed by atoms with van der Waals surface area (Å²) in [6, 6.07) is 6.15. The van der Waals surface area contributed by atoms with E-state index in [1.165, 1.54) is 5.56 Å². The Balaban J connectivity index is 1.78. The molecule has 1 aromatic heterocycles. The zero-order chi connectivity index (χ0) is 17.3. The fraction of sp³-hybridized carbons (Fsp3) is 0.526. The molecule has 130 valence electrons. The van der Waals surface area contributed by atoms with Crippen molar-refractivity contribution in [2.45, 2.75) is 38.9 Å². The average Bonchev–Trinajstić information content (AvgIpc) is 2.90. The highest BCUT2D eigenvalue weighted by Gasteiger charge is 2.35. The van der Waals surface area contributed by atoms with Gasteiger partial charge < -0.3 is 19.4 Å². The SMILES string of the molecule is COC[C@H]1CN(C(=O)Cc2c[nH]c3cccc(C)c23)CC(C)(C)O1. The Morgan fingerprint density at radius 3 is 3.00 bits per heavy atom. The highest BCUT2D eigenvalue weighted by molar-refractivity contribution is 5.91. The Bertz CT molecular complexity index is 735. The van der Waals surface area contributed by atoms with Crippen LogP contribution in [0.4, 0.5) is 0 Å². The van der Waals surface area contributed by atoms with Gasteiger partial charge in [-0.15, -0.1) is 0 Å². The molecule has 1 aromatic carbocycles. The first-order valence-electron chi connectivity index (χ1n) is 8.40. The van der Waals surface area contributed by atoms with E-state index in [1.807, 2.05) is 37.1 Å². The maximum atomic E-state index is 12.9. The number of fused-ring (bicyclic) bond motifs is 1. The van der Waals surface area contributed by atoms with Crippen LogP contribution in [0.25, 0.3) is 10.9 Å². The number of carbonyl (C=O) groups is 1. The van der Waals surface area contributed by atoms with Gasteiger partial charge in [-0.25, -0.2) is 0 Å². The summed E-state index contributed by atoms with van der Waals surface area (Å²) in [5, 5.41) is 1.16. The molecule has 1 N–H and O–H groups in total. The van der Waals surface area contributed by atoms with Crippen LogP contribution in [0, 0.1) is 6.92 Å². The van der Waals surface area contributed by atoms with Gasteiger partial charge in [-0.05, 0) is 38.0 Å². The van der Waals surface area contributed by atoms with E-state index in [4.69, 9.17) is 9.47 Å². The third kappa shape index (κ3) is 3.47. The van der Waals surface area contributed by atoms with E-state index in [9.17, 15) is 4.79 Å². The number of methoxy groups -OCH3 is 1. The summed E-state index contributed by atoms with van der Waals surface area (Å²) in [7, 11) is 1.66. The molecule has 1 amide bonds. The molecule has 0 saturated carbocycles. The van der Waals surface area contributed by atoms with E-state index in [1.54, 1.807) is 7.11 Å². The number of H-pyrrole nitrogens is 1. The van der Waals surface area contributed by atoms with Crippen molar-refractivity contribution in [3.05, 3.63) is 35.5 Å². The molecule has 2 aromatic rings. The van der Waals surface area contributed by atoms with Crippen molar-refractivity contribution in [1.82, 2.24) is 9.88 Å². The second kappa shape index (κ2) is 6.57. The lowest BCUT2D eigenvalue weighted by atomic mass is 10.0. The number of aromatic nitrogens is 1. The number of amides is 1. The number of nitrogens with zero attached hydrogens (tertiary/aromatic N) is 1. The number of morpholine rings is 1. The predicted molar refractivity (Wildman–Crippen MR) is 94.1 cm³/mol. The number of ether oxygens (including phenoxy) is 2. The minimum atomic E-state index is -0.354. The van der Waals surface area contributed by atoms with Crippen molar-refractivity contribution >= 4 is 16.8 Å². The lowest BCUT2D eigenvalue weighted by Crippen LogP contribution is -2.56. The molecule has 1 atom stereocenters. The molecule has 0 spiro atoms. The second-order valence-corrected chi connectivity index (χ2v) is 7.22. The number of aryl methyl sites for hydroxylation is 1. The number of benzene rings is 1. The van der Waals surface area contributed by atoms with Crippen molar-refractivity contribution in [2.24, 2.45) is 0 Å². The number of carbonyl (C=O) groups excluding carboxylic acids is 1. The molecule has 0 aliphatic carbocycles. The van der Waals surface area contributed by atoms with Crippen molar-refractivity contribution in [1.29, 1.82) is 0 Å². The maximum Gasteiger partial charge on any atom is 0.227 e. The van der Waals surface area contributed by atoms with Gasteiger partial charge in [0.2, 0.25) is 5.91 Å². The smallest absolute Gasteiger partial charge is 0.227 e. The van der Waals surface area contributed by atoms with Gasteiger partial charge >= 0.3 is 0 Å². The molecule has 2 heterocycles. The van der Waals surface area contributed by atoms with E-state index < -0.39 is 0 Å². The van der Waals surface area contributed by atoms with Gasteiger partial charge in [0.25, 0.3) is 0 Å². The third-order valence-corrected chi connectivity index (χ3v) is 4.52. The van der Waals surface area contributed by atoms with Crippen molar-refractivity contribution < 1.29 is 14.3 Å². The molecule has 0 radical (unpaired) electrons. The molecule has 0 unspecified atom stereocenters. The summed E-state index contributed by atoms with van der Waals surface area (Å²) < 4.78 is 11.2. The minimum absolute atomic E-state index is 0.0765. The van der Waals surface area contributed by atoms with E-state index in [-0.39, 0.29) is 17.6 Å². The van der Waals surface area contributed by atoms with Crippen molar-refractivity contribution in [3.63, 3.8) is 0 Å². The van der Waals surface area contributed by atoms with Crippen LogP contribution >= 0.6 is 0 Å². The van der Waals surface area contributed by atoms with Gasteiger partial charge in [-0.3, -0.25) is 4.79 Å². The molecule has 1 fully saturated rings. The summed E-state index contributed by atoms with van der Waals surface area (Å²) in [5.74, 6) is 0.136. The summed E-state index contributed by atoms with van der Waals surface area (Å²) in [6.07, 6.45) is 2.28. The topological polar surface area (TPSA) is 54.6 Å². The Hall–Kier alpha value is -1.85. The molecular formula is C19H26N2O3. The number of hydrogen-bond acceptors (Lipinski definition) is 3. The average molecular weight is 330 g/mol. The van der Waals surface area contributed by atoms with Crippen LogP contribution in [0.3, 0.4) is 0 Å². The number of aromatic amines is 1. The lowest BCUT2D eigenvalue weighted by molar-refractivity contribution is -0.168. The Morgan fingerprint density at radius 1 is 1.46 bits per heavy atom. The molecule has 1 aliphatic heterocycles. The number of rotatable bonds is 4. The van der Waals surface area contributed by atoms with Crippen LogP contribution < -0.4 is 0 Å². The fourth-order valence-electron chi connectivity index (χ4n) is 3.62. The fourth-order valence-corrected chi connectivity index (χ4v) is 3.62. The normalized spacial score (nSPS) is 20.5. The zero-order valence-corrected chi connectivity index (χ0v) is 14.9. The molecule has 1 saturated heterocycles. The summed E-state index contributed by atoms with van der Waals surface area (Å²) in [6.45, 7) is 7.80. The predicted octanol–water partition coefficient (Wildman–Crippen LogP) is 2.67. The summed E-state index contributed by atoms with van der Waals surface area (Å²) in [5.41, 5.74) is 2.97. The molecule has 24 heavy (non-hydrogen) atoms. The number of hydrogen-bond donors (Lipinski definition) is 1. The second-order valence-electron chi connectivity index (χ2n) is 7.22. The summed E-state index contributed by atoms with van der Waals surface area (Å²) >= 11 is 0. The molecule has 1 aliphatic rings. The van der Waals surface area contributed by atoms with Gasteiger partial charge in [0, 0.05) is 37.3 Å². The van der Waals surface area contributed by atoms with Gasteiger partial charge in [0.15, 0.2) is 0 Å². The highest BCUT2D eigenvalue weighted by Crippen LogP contribution is 2.25. The van der Waals surface area contributed by atoms with E-state index in [2.05, 4.69) is 18.0 Å². The van der Waals surface area contributed by atoms with Crippen LogP contribution in [-0.4, -0.2) is 54.3 Å². The molecule has 3 rings (SSSR count). The molecular weight excluding hydrogens is 304 g/mol. The lowest BCUT2D eigenvalue weighted by Gasteiger charge is -2.42. The van der Waals surface area contributed by atoms with Crippen molar-refractivity contribution in [3.8, 4) is 0 Å². The minimum Gasteiger partial charge on any atom is -0.382 e.